The van der Waals surface area contributed by atoms with Crippen molar-refractivity contribution in [1.29, 1.82) is 0 Å². The molecule has 1 amide bonds. The highest BCUT2D eigenvalue weighted by molar-refractivity contribution is 7.89. The first kappa shape index (κ1) is 25.9. The minimum atomic E-state index is -4.11. The average Bonchev–Trinajstić information content (AvgIpc) is 2.85. The summed E-state index contributed by atoms with van der Waals surface area (Å²) < 4.78 is 52.3. The molecule has 0 fully saturated rings. The van der Waals surface area contributed by atoms with Gasteiger partial charge in [0.15, 0.2) is 11.5 Å². The summed E-state index contributed by atoms with van der Waals surface area (Å²) in [6, 6.07) is 17.2. The normalized spacial score (nSPS) is 11.6. The van der Waals surface area contributed by atoms with Gasteiger partial charge in [-0.3, -0.25) is 4.79 Å². The Labute approximate surface area is 204 Å². The fourth-order valence-corrected chi connectivity index (χ4v) is 4.66. The number of benzene rings is 3. The summed E-state index contributed by atoms with van der Waals surface area (Å²) in [6.07, 6.45) is 1.36. The van der Waals surface area contributed by atoms with Crippen molar-refractivity contribution in [3.63, 3.8) is 0 Å². The van der Waals surface area contributed by atoms with Gasteiger partial charge in [-0.15, -0.1) is 0 Å². The van der Waals surface area contributed by atoms with Crippen LogP contribution in [0.5, 0.6) is 11.5 Å². The van der Waals surface area contributed by atoms with E-state index in [2.05, 4.69) is 10.5 Å². The molecule has 10 heteroatoms. The molecular weight excluding hydrogens is 473 g/mol. The molecule has 0 aliphatic heterocycles. The van der Waals surface area contributed by atoms with Crippen molar-refractivity contribution in [2.75, 3.05) is 20.8 Å². The predicted octanol–water partition coefficient (Wildman–Crippen LogP) is 3.49. The highest BCUT2D eigenvalue weighted by atomic mass is 32.2. The van der Waals surface area contributed by atoms with Gasteiger partial charge >= 0.3 is 0 Å². The molecule has 3 rings (SSSR count). The molecular formula is C25H26FN3O5S. The zero-order valence-corrected chi connectivity index (χ0v) is 20.4. The van der Waals surface area contributed by atoms with Gasteiger partial charge in [-0.2, -0.15) is 9.41 Å². The van der Waals surface area contributed by atoms with E-state index >= 15 is 0 Å². The predicted molar refractivity (Wildman–Crippen MR) is 130 cm³/mol. The first-order chi connectivity index (χ1) is 16.8. The zero-order valence-electron chi connectivity index (χ0n) is 19.6. The number of hydrogen-bond donors (Lipinski definition) is 1. The van der Waals surface area contributed by atoms with Crippen LogP contribution in [0.2, 0.25) is 0 Å². The van der Waals surface area contributed by atoms with Crippen LogP contribution in [0, 0.1) is 12.7 Å². The SMILES string of the molecule is COc1cccc(C=NNC(=O)CN(Cc2ccccc2F)S(=O)(=O)c2ccc(C)cc2)c1OC. The Morgan fingerprint density at radius 2 is 1.74 bits per heavy atom. The standard InChI is InChI=1S/C25H26FN3O5S/c1-18-11-13-21(14-12-18)35(31,32)29(16-20-7-4-5-9-22(20)26)17-24(30)28-27-15-19-8-6-10-23(33-2)25(19)34-3/h4-15H,16-17H2,1-3H3,(H,28,30). The maximum Gasteiger partial charge on any atom is 0.255 e. The van der Waals surface area contributed by atoms with Gasteiger partial charge in [-0.25, -0.2) is 18.2 Å². The molecule has 0 spiro atoms. The lowest BCUT2D eigenvalue weighted by Crippen LogP contribution is -2.39. The largest absolute Gasteiger partial charge is 0.493 e. The van der Waals surface area contributed by atoms with Gasteiger partial charge in [0.2, 0.25) is 10.0 Å². The van der Waals surface area contributed by atoms with Crippen molar-refractivity contribution in [3.05, 3.63) is 89.2 Å². The van der Waals surface area contributed by atoms with Crippen molar-refractivity contribution >= 4 is 22.1 Å². The molecule has 8 nitrogen and oxygen atoms in total. The third-order valence-electron chi connectivity index (χ3n) is 5.11. The molecule has 1 N–H and O–H groups in total. The van der Waals surface area contributed by atoms with Gasteiger partial charge in [0.1, 0.15) is 5.82 Å². The van der Waals surface area contributed by atoms with Crippen molar-refractivity contribution in [1.82, 2.24) is 9.73 Å². The summed E-state index contributed by atoms with van der Waals surface area (Å²) in [5, 5.41) is 3.91. The quantitative estimate of drug-likeness (QED) is 0.340. The Kier molecular flexibility index (Phi) is 8.56. The number of sulfonamides is 1. The van der Waals surface area contributed by atoms with Crippen LogP contribution in [0.4, 0.5) is 4.39 Å². The van der Waals surface area contributed by atoms with Crippen LogP contribution in [-0.2, 0) is 21.4 Å². The van der Waals surface area contributed by atoms with E-state index < -0.39 is 28.3 Å². The Morgan fingerprint density at radius 3 is 2.40 bits per heavy atom. The second kappa shape index (κ2) is 11.6. The number of amides is 1. The molecule has 0 aromatic heterocycles. The number of nitrogens with one attached hydrogen (secondary N) is 1. The number of methoxy groups -OCH3 is 2. The van der Waals surface area contributed by atoms with Crippen LogP contribution in [-0.4, -0.2) is 45.6 Å². The van der Waals surface area contributed by atoms with Gasteiger partial charge in [0.05, 0.1) is 31.9 Å². The van der Waals surface area contributed by atoms with Crippen LogP contribution in [0.15, 0.2) is 76.7 Å². The molecule has 0 aliphatic rings. The molecule has 3 aromatic rings. The van der Waals surface area contributed by atoms with Crippen molar-refractivity contribution in [3.8, 4) is 11.5 Å². The van der Waals surface area contributed by atoms with E-state index in [-0.39, 0.29) is 17.0 Å². The van der Waals surface area contributed by atoms with Gasteiger partial charge in [0, 0.05) is 17.7 Å². The third kappa shape index (κ3) is 6.43. The molecule has 0 aliphatic carbocycles. The summed E-state index contributed by atoms with van der Waals surface area (Å²) >= 11 is 0. The number of hydrazone groups is 1. The molecule has 0 bridgehead atoms. The maximum absolute atomic E-state index is 14.3. The highest BCUT2D eigenvalue weighted by Crippen LogP contribution is 2.29. The third-order valence-corrected chi connectivity index (χ3v) is 6.92. The first-order valence-corrected chi connectivity index (χ1v) is 12.0. The number of ether oxygens (including phenoxy) is 2. The number of nitrogens with zero attached hydrogens (tertiary/aromatic N) is 2. The van der Waals surface area contributed by atoms with E-state index in [1.807, 2.05) is 6.92 Å². The van der Waals surface area contributed by atoms with Crippen LogP contribution in [0.25, 0.3) is 0 Å². The van der Waals surface area contributed by atoms with Crippen LogP contribution in [0.1, 0.15) is 16.7 Å². The van der Waals surface area contributed by atoms with Gasteiger partial charge in [-0.05, 0) is 37.3 Å². The van der Waals surface area contributed by atoms with E-state index in [9.17, 15) is 17.6 Å². The summed E-state index contributed by atoms with van der Waals surface area (Å²) in [5.74, 6) is -0.352. The lowest BCUT2D eigenvalue weighted by Gasteiger charge is -2.22. The summed E-state index contributed by atoms with van der Waals surface area (Å²) in [5.41, 5.74) is 3.88. The number of halogens is 1. The monoisotopic (exact) mass is 499 g/mol. The van der Waals surface area contributed by atoms with Crippen molar-refractivity contribution < 1.29 is 27.1 Å². The minimum absolute atomic E-state index is 0.00291. The maximum atomic E-state index is 14.3. The Balaban J connectivity index is 1.82. The first-order valence-electron chi connectivity index (χ1n) is 10.6. The second-order valence-electron chi connectivity index (χ2n) is 7.55. The molecule has 0 saturated heterocycles. The van der Waals surface area contributed by atoms with Crippen molar-refractivity contribution in [2.24, 2.45) is 5.10 Å². The van der Waals surface area contributed by atoms with Crippen LogP contribution < -0.4 is 14.9 Å². The van der Waals surface area contributed by atoms with Gasteiger partial charge < -0.3 is 9.47 Å². The second-order valence-corrected chi connectivity index (χ2v) is 9.49. The topological polar surface area (TPSA) is 97.3 Å². The molecule has 0 heterocycles. The Bertz CT molecular complexity index is 1310. The number of carbonyl (C=O) groups is 1. The number of hydrogen-bond acceptors (Lipinski definition) is 6. The molecule has 184 valence electrons. The van der Waals surface area contributed by atoms with Crippen molar-refractivity contribution in [2.45, 2.75) is 18.4 Å². The number of aryl methyl sites for hydroxylation is 1. The molecule has 3 aromatic carbocycles. The van der Waals surface area contributed by atoms with E-state index in [1.54, 1.807) is 36.4 Å². The minimum Gasteiger partial charge on any atom is -0.493 e. The molecule has 0 atom stereocenters. The van der Waals surface area contributed by atoms with E-state index in [1.165, 1.54) is 50.8 Å². The van der Waals surface area contributed by atoms with Crippen LogP contribution in [0.3, 0.4) is 0 Å². The zero-order chi connectivity index (χ0) is 25.4. The van der Waals surface area contributed by atoms with E-state index in [0.29, 0.717) is 17.1 Å². The Hall–Kier alpha value is -3.76. The average molecular weight is 500 g/mol. The number of carbonyl (C=O) groups excluding carboxylic acids is 1. The van der Waals surface area contributed by atoms with Crippen LogP contribution >= 0.6 is 0 Å². The smallest absolute Gasteiger partial charge is 0.255 e. The lowest BCUT2D eigenvalue weighted by molar-refractivity contribution is -0.121. The highest BCUT2D eigenvalue weighted by Gasteiger charge is 2.27. The van der Waals surface area contributed by atoms with E-state index in [4.69, 9.17) is 9.47 Å². The molecule has 0 radical (unpaired) electrons. The van der Waals surface area contributed by atoms with E-state index in [0.717, 1.165) is 9.87 Å². The fraction of sp³-hybridized carbons (Fsp3) is 0.200. The molecule has 0 saturated carbocycles. The molecule has 0 unspecified atom stereocenters. The molecule has 35 heavy (non-hydrogen) atoms. The fourth-order valence-electron chi connectivity index (χ4n) is 3.28. The summed E-state index contributed by atoms with van der Waals surface area (Å²) in [4.78, 5) is 12.6. The number of rotatable bonds is 10. The Morgan fingerprint density at radius 1 is 1.03 bits per heavy atom. The summed E-state index contributed by atoms with van der Waals surface area (Å²) in [7, 11) is -1.13. The number of para-hydroxylation sites is 1. The summed E-state index contributed by atoms with van der Waals surface area (Å²) in [6.45, 7) is 0.928. The van der Waals surface area contributed by atoms with Gasteiger partial charge in [-0.1, -0.05) is 42.0 Å². The van der Waals surface area contributed by atoms with Gasteiger partial charge in [0.25, 0.3) is 5.91 Å². The lowest BCUT2D eigenvalue weighted by atomic mass is 10.2.